The van der Waals surface area contributed by atoms with Crippen molar-refractivity contribution in [1.82, 2.24) is 4.98 Å². The fourth-order valence-corrected chi connectivity index (χ4v) is 1.44. The van der Waals surface area contributed by atoms with Crippen molar-refractivity contribution in [2.45, 2.75) is 30.0 Å². The quantitative estimate of drug-likeness (QED) is 0.710. The molecule has 0 spiro atoms. The molecule has 1 nitrogen and oxygen atoms in total. The first-order chi connectivity index (χ1) is 6.45. The van der Waals surface area contributed by atoms with Crippen LogP contribution >= 0.6 is 34.8 Å². The Bertz CT molecular complexity index is 289. The van der Waals surface area contributed by atoms with E-state index >= 15 is 0 Å². The van der Waals surface area contributed by atoms with Crippen LogP contribution in [0.2, 0.25) is 0 Å². The summed E-state index contributed by atoms with van der Waals surface area (Å²) >= 11 is 17.1. The Morgan fingerprint density at radius 3 is 2.36 bits per heavy atom. The van der Waals surface area contributed by atoms with Crippen LogP contribution in [0, 0.1) is 0 Å². The van der Waals surface area contributed by atoms with Gasteiger partial charge in [0, 0.05) is 6.20 Å². The normalized spacial score (nSPS) is 14.1. The lowest BCUT2D eigenvalue weighted by atomic mass is 10.0. The van der Waals surface area contributed by atoms with Crippen molar-refractivity contribution in [3.05, 3.63) is 29.6 Å². The number of halogens is 3. The molecule has 78 valence electrons. The molecule has 1 rings (SSSR count). The minimum Gasteiger partial charge on any atom is -0.256 e. The van der Waals surface area contributed by atoms with Gasteiger partial charge >= 0.3 is 0 Å². The molecule has 1 unspecified atom stereocenters. The van der Waals surface area contributed by atoms with E-state index in [1.54, 1.807) is 12.3 Å². The summed E-state index contributed by atoms with van der Waals surface area (Å²) in [5.74, 6) is 0.493. The highest BCUT2D eigenvalue weighted by atomic mass is 35.6. The van der Waals surface area contributed by atoms with E-state index in [-0.39, 0.29) is 0 Å². The maximum atomic E-state index is 5.69. The minimum absolute atomic E-state index is 0.467. The van der Waals surface area contributed by atoms with Crippen LogP contribution in [0.15, 0.2) is 18.3 Å². The molecule has 0 radical (unpaired) electrons. The van der Waals surface area contributed by atoms with Crippen molar-refractivity contribution < 1.29 is 0 Å². The molecule has 0 saturated carbocycles. The predicted octanol–water partition coefficient (Wildman–Crippen LogP) is 4.42. The smallest absolute Gasteiger partial charge is 0.232 e. The van der Waals surface area contributed by atoms with E-state index in [2.05, 4.69) is 18.8 Å². The van der Waals surface area contributed by atoms with E-state index in [0.29, 0.717) is 11.6 Å². The molecule has 0 bridgehead atoms. The van der Waals surface area contributed by atoms with Gasteiger partial charge in [0.15, 0.2) is 0 Å². The molecule has 1 heterocycles. The monoisotopic (exact) mass is 251 g/mol. The van der Waals surface area contributed by atoms with Gasteiger partial charge in [-0.2, -0.15) is 0 Å². The Morgan fingerprint density at radius 2 is 2.00 bits per heavy atom. The van der Waals surface area contributed by atoms with Gasteiger partial charge < -0.3 is 0 Å². The Kier molecular flexibility index (Phi) is 4.05. The molecule has 1 atom stereocenters. The highest BCUT2D eigenvalue weighted by molar-refractivity contribution is 6.66. The second-order valence-corrected chi connectivity index (χ2v) is 5.57. The van der Waals surface area contributed by atoms with Crippen LogP contribution in [-0.4, -0.2) is 4.98 Å². The molecule has 14 heavy (non-hydrogen) atoms. The Balaban J connectivity index is 2.89. The summed E-state index contributed by atoms with van der Waals surface area (Å²) in [5.41, 5.74) is 1.64. The van der Waals surface area contributed by atoms with Crippen LogP contribution in [0.5, 0.6) is 0 Å². The van der Waals surface area contributed by atoms with E-state index in [1.807, 2.05) is 6.07 Å². The number of aromatic nitrogens is 1. The lowest BCUT2D eigenvalue weighted by molar-refractivity contribution is 0.728. The van der Waals surface area contributed by atoms with Crippen LogP contribution in [0.25, 0.3) is 0 Å². The molecular formula is C10H12Cl3N. The van der Waals surface area contributed by atoms with Crippen LogP contribution in [0.3, 0.4) is 0 Å². The molecule has 1 aromatic heterocycles. The molecule has 0 aliphatic heterocycles. The van der Waals surface area contributed by atoms with Gasteiger partial charge in [0.25, 0.3) is 0 Å². The number of hydrogen-bond acceptors (Lipinski definition) is 1. The highest BCUT2D eigenvalue weighted by Gasteiger charge is 2.24. The van der Waals surface area contributed by atoms with Crippen molar-refractivity contribution >= 4 is 34.8 Å². The van der Waals surface area contributed by atoms with E-state index < -0.39 is 3.79 Å². The summed E-state index contributed by atoms with van der Waals surface area (Å²) in [6, 6.07) is 3.72. The maximum absolute atomic E-state index is 5.69. The Morgan fingerprint density at radius 1 is 1.36 bits per heavy atom. The molecular weight excluding hydrogens is 240 g/mol. The lowest BCUT2D eigenvalue weighted by Gasteiger charge is -2.12. The van der Waals surface area contributed by atoms with Gasteiger partial charge in [-0.3, -0.25) is 4.98 Å². The largest absolute Gasteiger partial charge is 0.256 e. The van der Waals surface area contributed by atoms with E-state index in [4.69, 9.17) is 34.8 Å². The van der Waals surface area contributed by atoms with Crippen molar-refractivity contribution in [3.63, 3.8) is 0 Å². The summed E-state index contributed by atoms with van der Waals surface area (Å²) in [6.07, 6.45) is 2.85. The fourth-order valence-electron chi connectivity index (χ4n) is 1.10. The minimum atomic E-state index is -1.42. The fraction of sp³-hybridized carbons (Fsp3) is 0.500. The van der Waals surface area contributed by atoms with Gasteiger partial charge in [-0.05, 0) is 24.0 Å². The van der Waals surface area contributed by atoms with Gasteiger partial charge in [-0.25, -0.2) is 0 Å². The number of alkyl halides is 3. The number of hydrogen-bond donors (Lipinski definition) is 0. The standard InChI is InChI=1S/C10H12Cl3N/c1-3-7(2)8-4-5-9(14-6-8)10(11,12)13/h4-7H,3H2,1-2H3. The Hall–Kier alpha value is 0.0200. The third-order valence-electron chi connectivity index (χ3n) is 2.26. The van der Waals surface area contributed by atoms with Crippen molar-refractivity contribution in [2.24, 2.45) is 0 Å². The zero-order valence-electron chi connectivity index (χ0n) is 8.10. The van der Waals surface area contributed by atoms with E-state index in [0.717, 1.165) is 6.42 Å². The Labute approximate surface area is 99.4 Å². The molecule has 0 fully saturated rings. The van der Waals surface area contributed by atoms with E-state index in [1.165, 1.54) is 5.56 Å². The van der Waals surface area contributed by atoms with Gasteiger partial charge in [0.1, 0.15) is 0 Å². The first kappa shape index (κ1) is 12.1. The molecule has 4 heteroatoms. The average molecular weight is 253 g/mol. The summed E-state index contributed by atoms with van der Waals surface area (Å²) < 4.78 is -1.42. The van der Waals surface area contributed by atoms with Crippen molar-refractivity contribution in [2.75, 3.05) is 0 Å². The predicted molar refractivity (Wildman–Crippen MR) is 62.2 cm³/mol. The molecule has 0 aliphatic rings. The van der Waals surface area contributed by atoms with Gasteiger partial charge in [0.2, 0.25) is 3.79 Å². The summed E-state index contributed by atoms with van der Waals surface area (Å²) in [6.45, 7) is 4.28. The van der Waals surface area contributed by atoms with Crippen LogP contribution < -0.4 is 0 Å². The third kappa shape index (κ3) is 3.01. The van der Waals surface area contributed by atoms with E-state index in [9.17, 15) is 0 Å². The average Bonchev–Trinajstić information content (AvgIpc) is 2.15. The van der Waals surface area contributed by atoms with Gasteiger partial charge in [-0.15, -0.1) is 0 Å². The van der Waals surface area contributed by atoms with Gasteiger partial charge in [-0.1, -0.05) is 54.7 Å². The van der Waals surface area contributed by atoms with Crippen LogP contribution in [-0.2, 0) is 3.79 Å². The van der Waals surface area contributed by atoms with Crippen molar-refractivity contribution in [1.29, 1.82) is 0 Å². The van der Waals surface area contributed by atoms with Crippen LogP contribution in [0.1, 0.15) is 37.4 Å². The second kappa shape index (κ2) is 4.69. The second-order valence-electron chi connectivity index (χ2n) is 3.28. The van der Waals surface area contributed by atoms with Crippen LogP contribution in [0.4, 0.5) is 0 Å². The van der Waals surface area contributed by atoms with Crippen molar-refractivity contribution in [3.8, 4) is 0 Å². The highest BCUT2D eigenvalue weighted by Crippen LogP contribution is 2.37. The molecule has 0 N–H and O–H groups in total. The van der Waals surface area contributed by atoms with Gasteiger partial charge in [0.05, 0.1) is 5.69 Å². The lowest BCUT2D eigenvalue weighted by Crippen LogP contribution is -2.04. The summed E-state index contributed by atoms with van der Waals surface area (Å²) in [5, 5.41) is 0. The molecule has 0 saturated heterocycles. The molecule has 1 aromatic rings. The number of rotatable bonds is 2. The third-order valence-corrected chi connectivity index (χ3v) is 2.84. The first-order valence-corrected chi connectivity index (χ1v) is 5.61. The number of nitrogens with zero attached hydrogens (tertiary/aromatic N) is 1. The molecule has 0 aliphatic carbocycles. The summed E-state index contributed by atoms with van der Waals surface area (Å²) in [7, 11) is 0. The summed E-state index contributed by atoms with van der Waals surface area (Å²) in [4.78, 5) is 4.12. The molecule has 0 amide bonds. The first-order valence-electron chi connectivity index (χ1n) is 4.48. The maximum Gasteiger partial charge on any atom is 0.232 e. The molecule has 0 aromatic carbocycles. The zero-order chi connectivity index (χ0) is 10.8. The topological polar surface area (TPSA) is 12.9 Å². The zero-order valence-corrected chi connectivity index (χ0v) is 10.4. The number of pyridine rings is 1. The SMILES string of the molecule is CCC(C)c1ccc(C(Cl)(Cl)Cl)nc1.